The number of thiocarbonyl (C=S) groups is 1. The number of carbonyl (C=O) groups is 2. The highest BCUT2D eigenvalue weighted by Crippen LogP contribution is 2.10. The Labute approximate surface area is 67.8 Å². The van der Waals surface area contributed by atoms with Gasteiger partial charge < -0.3 is 10.8 Å². The van der Waals surface area contributed by atoms with Crippen molar-refractivity contribution in [1.82, 2.24) is 0 Å². The highest BCUT2D eigenvalue weighted by Gasteiger charge is 2.38. The molecule has 0 aliphatic heterocycles. The van der Waals surface area contributed by atoms with E-state index in [2.05, 4.69) is 30.6 Å². The van der Waals surface area contributed by atoms with Gasteiger partial charge in [0.2, 0.25) is 10.7 Å². The molecule has 0 aromatic carbocycles. The molecule has 0 radical (unpaired) electrons. The summed E-state index contributed by atoms with van der Waals surface area (Å²) in [5.74, 6) is -2.54. The Morgan fingerprint density at radius 3 is 2.10 bits per heavy atom. The minimum absolute atomic E-state index is 0.709. The predicted octanol–water partition coefficient (Wildman–Crippen LogP) is -0.775. The molecule has 0 saturated heterocycles. The van der Waals surface area contributed by atoms with Crippen molar-refractivity contribution >= 4 is 42.1 Å². The second-order valence-corrected chi connectivity index (χ2v) is 2.49. The summed E-state index contributed by atoms with van der Waals surface area (Å²) in [6.45, 7) is 0. The van der Waals surface area contributed by atoms with E-state index in [-0.39, 0.29) is 0 Å². The molecule has 6 heteroatoms. The summed E-state index contributed by atoms with van der Waals surface area (Å²) in [4.78, 5) is 20.6. The lowest BCUT2D eigenvalue weighted by Gasteiger charge is -2.11. The third-order valence-electron chi connectivity index (χ3n) is 0.872. The first-order chi connectivity index (χ1) is 4.45. The number of carbonyl (C=O) groups excluding carboxylic acids is 1. The van der Waals surface area contributed by atoms with Crippen molar-refractivity contribution in [2.45, 2.75) is 4.75 Å². The molecule has 10 heavy (non-hydrogen) atoms. The van der Waals surface area contributed by atoms with Crippen LogP contribution in [-0.2, 0) is 9.59 Å². The SMILES string of the molecule is NC(=O)C(S)(C=S)C(=O)O. The first kappa shape index (κ1) is 9.38. The van der Waals surface area contributed by atoms with Gasteiger partial charge in [0, 0.05) is 5.37 Å². The lowest BCUT2D eigenvalue weighted by molar-refractivity contribution is -0.140. The summed E-state index contributed by atoms with van der Waals surface area (Å²) in [6, 6.07) is 0. The third-order valence-corrected chi connectivity index (χ3v) is 1.94. The molecule has 0 spiro atoms. The van der Waals surface area contributed by atoms with Crippen molar-refractivity contribution in [1.29, 1.82) is 0 Å². The van der Waals surface area contributed by atoms with Crippen molar-refractivity contribution in [3.63, 3.8) is 0 Å². The third kappa shape index (κ3) is 1.45. The van der Waals surface area contributed by atoms with E-state index in [4.69, 9.17) is 5.11 Å². The molecule has 0 saturated carbocycles. The van der Waals surface area contributed by atoms with E-state index in [0.29, 0.717) is 5.37 Å². The Morgan fingerprint density at radius 2 is 2.10 bits per heavy atom. The lowest BCUT2D eigenvalue weighted by atomic mass is 10.1. The van der Waals surface area contributed by atoms with Crippen LogP contribution in [0.1, 0.15) is 0 Å². The van der Waals surface area contributed by atoms with E-state index < -0.39 is 16.6 Å². The number of rotatable bonds is 3. The number of primary amides is 1. The average Bonchev–Trinajstić information content (AvgIpc) is 1.85. The maximum atomic E-state index is 10.4. The summed E-state index contributed by atoms with van der Waals surface area (Å²) in [6.07, 6.45) is 0. The van der Waals surface area contributed by atoms with E-state index in [1.807, 2.05) is 0 Å². The smallest absolute Gasteiger partial charge is 0.334 e. The van der Waals surface area contributed by atoms with Crippen LogP contribution in [0.2, 0.25) is 0 Å². The average molecular weight is 179 g/mol. The highest BCUT2D eigenvalue weighted by molar-refractivity contribution is 7.88. The standard InChI is InChI=1S/C4H5NO3S2/c5-2(6)4(10,1-9)3(7)8/h1,10H,(H2,5,6)(H,7,8). The van der Waals surface area contributed by atoms with Gasteiger partial charge in [0.15, 0.2) is 0 Å². The van der Waals surface area contributed by atoms with Crippen LogP contribution in [0.15, 0.2) is 0 Å². The molecule has 56 valence electrons. The van der Waals surface area contributed by atoms with Crippen molar-refractivity contribution in [2.75, 3.05) is 0 Å². The van der Waals surface area contributed by atoms with E-state index in [1.165, 1.54) is 0 Å². The van der Waals surface area contributed by atoms with Crippen LogP contribution >= 0.6 is 24.8 Å². The monoisotopic (exact) mass is 179 g/mol. The molecule has 4 nitrogen and oxygen atoms in total. The quantitative estimate of drug-likeness (QED) is 0.302. The zero-order valence-corrected chi connectivity index (χ0v) is 6.48. The molecule has 0 aliphatic rings. The molecule has 0 fully saturated rings. The zero-order chi connectivity index (χ0) is 8.36. The molecule has 3 N–H and O–H groups in total. The van der Waals surface area contributed by atoms with Crippen LogP contribution in [0.25, 0.3) is 0 Å². The van der Waals surface area contributed by atoms with Gasteiger partial charge in [-0.2, -0.15) is 0 Å². The van der Waals surface area contributed by atoms with E-state index in [9.17, 15) is 9.59 Å². The van der Waals surface area contributed by atoms with Gasteiger partial charge in [-0.3, -0.25) is 4.79 Å². The Balaban J connectivity index is 4.72. The van der Waals surface area contributed by atoms with Crippen LogP contribution < -0.4 is 5.73 Å². The van der Waals surface area contributed by atoms with Gasteiger partial charge in [0.25, 0.3) is 0 Å². The fourth-order valence-corrected chi connectivity index (χ4v) is 0.431. The van der Waals surface area contributed by atoms with Crippen molar-refractivity contribution < 1.29 is 14.7 Å². The molecule has 0 aromatic heterocycles. The van der Waals surface area contributed by atoms with Gasteiger partial charge in [0.05, 0.1) is 0 Å². The molecule has 1 unspecified atom stereocenters. The van der Waals surface area contributed by atoms with Crippen molar-refractivity contribution in [3.05, 3.63) is 0 Å². The number of aliphatic carboxylic acids is 1. The van der Waals surface area contributed by atoms with Crippen LogP contribution in [0.3, 0.4) is 0 Å². The number of carboxylic acid groups (broad SMARTS) is 1. The number of thiol groups is 1. The lowest BCUT2D eigenvalue weighted by Crippen LogP contribution is -2.46. The van der Waals surface area contributed by atoms with Gasteiger partial charge in [-0.15, -0.1) is 12.6 Å². The molecular weight excluding hydrogens is 174 g/mol. The van der Waals surface area contributed by atoms with Gasteiger partial charge in [-0.05, 0) is 0 Å². The summed E-state index contributed by atoms with van der Waals surface area (Å²) >= 11 is 7.73. The fraction of sp³-hybridized carbons (Fsp3) is 0.250. The molecule has 0 aromatic rings. The second-order valence-electron chi connectivity index (χ2n) is 1.55. The summed E-state index contributed by atoms with van der Waals surface area (Å²) in [7, 11) is 0. The maximum absolute atomic E-state index is 10.4. The minimum Gasteiger partial charge on any atom is -0.480 e. The second kappa shape index (κ2) is 2.98. The van der Waals surface area contributed by atoms with E-state index in [1.54, 1.807) is 0 Å². The van der Waals surface area contributed by atoms with Gasteiger partial charge in [0.1, 0.15) is 0 Å². The van der Waals surface area contributed by atoms with Crippen LogP contribution in [-0.4, -0.2) is 27.1 Å². The van der Waals surface area contributed by atoms with Crippen LogP contribution in [0, 0.1) is 0 Å². The van der Waals surface area contributed by atoms with Crippen molar-refractivity contribution in [3.8, 4) is 0 Å². The number of carboxylic acids is 1. The Morgan fingerprint density at radius 1 is 1.70 bits per heavy atom. The molecule has 0 aliphatic carbocycles. The molecule has 0 bridgehead atoms. The van der Waals surface area contributed by atoms with Gasteiger partial charge in [-0.1, -0.05) is 12.2 Å². The Hall–Kier alpha value is -0.620. The van der Waals surface area contributed by atoms with E-state index in [0.717, 1.165) is 0 Å². The van der Waals surface area contributed by atoms with Gasteiger partial charge in [-0.25, -0.2) is 4.79 Å². The van der Waals surface area contributed by atoms with Gasteiger partial charge >= 0.3 is 5.97 Å². The maximum Gasteiger partial charge on any atom is 0.334 e. The topological polar surface area (TPSA) is 80.4 Å². The van der Waals surface area contributed by atoms with E-state index >= 15 is 0 Å². The number of nitrogens with two attached hydrogens (primary N) is 1. The summed E-state index contributed by atoms with van der Waals surface area (Å²) < 4.78 is -2.02. The minimum atomic E-state index is -2.02. The molecule has 0 rings (SSSR count). The zero-order valence-electron chi connectivity index (χ0n) is 4.77. The van der Waals surface area contributed by atoms with Crippen LogP contribution in [0.5, 0.6) is 0 Å². The number of hydrogen-bond acceptors (Lipinski definition) is 4. The fourth-order valence-electron chi connectivity index (χ4n) is 0.214. The molecular formula is C4H5NO3S2. The number of hydrogen-bond donors (Lipinski definition) is 3. The predicted molar refractivity (Wildman–Crippen MR) is 42.2 cm³/mol. The summed E-state index contributed by atoms with van der Waals surface area (Å²) in [5.41, 5.74) is 4.69. The molecule has 0 heterocycles. The van der Waals surface area contributed by atoms with Crippen LogP contribution in [0.4, 0.5) is 0 Å². The first-order valence-corrected chi connectivity index (χ1v) is 3.09. The normalized spacial score (nSPS) is 15.3. The molecule has 1 amide bonds. The Kier molecular flexibility index (Phi) is 2.79. The largest absolute Gasteiger partial charge is 0.480 e. The highest BCUT2D eigenvalue weighted by atomic mass is 32.1. The Bertz CT molecular complexity index is 177. The first-order valence-electron chi connectivity index (χ1n) is 2.17. The number of amides is 1. The molecule has 1 atom stereocenters. The summed E-state index contributed by atoms with van der Waals surface area (Å²) in [5, 5.41) is 9.04. The van der Waals surface area contributed by atoms with Crippen molar-refractivity contribution in [2.24, 2.45) is 5.73 Å².